The number of anilines is 1. The van der Waals surface area contributed by atoms with Crippen LogP contribution in [0.15, 0.2) is 50.1 Å². The second-order valence-corrected chi connectivity index (χ2v) is 7.44. The number of nitrogens with zero attached hydrogens (tertiary/aromatic N) is 2. The van der Waals surface area contributed by atoms with Crippen LogP contribution in [0.2, 0.25) is 0 Å². The maximum atomic E-state index is 13.0. The van der Waals surface area contributed by atoms with Crippen LogP contribution >= 0.6 is 0 Å². The summed E-state index contributed by atoms with van der Waals surface area (Å²) in [6.07, 6.45) is 0. The predicted molar refractivity (Wildman–Crippen MR) is 128 cm³/mol. The van der Waals surface area contributed by atoms with Crippen molar-refractivity contribution in [3.63, 3.8) is 0 Å². The maximum Gasteiger partial charge on any atom is 0.340 e. The lowest BCUT2D eigenvalue weighted by Gasteiger charge is -2.13. The highest BCUT2D eigenvalue weighted by Crippen LogP contribution is 2.29. The molecule has 14 nitrogen and oxygen atoms in total. The van der Waals surface area contributed by atoms with Gasteiger partial charge >= 0.3 is 23.1 Å². The number of amides is 1. The van der Waals surface area contributed by atoms with Gasteiger partial charge in [-0.2, -0.15) is 10.2 Å². The van der Waals surface area contributed by atoms with Gasteiger partial charge in [0.15, 0.2) is 5.78 Å². The standard InChI is InChI=1S/C23H21N5O9/c1-10(29)18(28-27-13-7-11(22(33)36-3)5-6-12(13)23(34)37-4)19(30)26-16-8-14-15(9-17(16)35-2)25-21(32)20(31)24-14/h5-9,18H,1-4H3,(H,24,31)(H,25,32)(H,26,30)/b28-27-. The van der Waals surface area contributed by atoms with E-state index in [4.69, 9.17) is 9.47 Å². The van der Waals surface area contributed by atoms with E-state index in [1.54, 1.807) is 0 Å². The molecule has 0 radical (unpaired) electrons. The average molecular weight is 511 g/mol. The molecule has 0 spiro atoms. The number of rotatable bonds is 8. The molecule has 14 heteroatoms. The number of nitrogens with one attached hydrogen (secondary N) is 3. The van der Waals surface area contributed by atoms with Gasteiger partial charge in [0.2, 0.25) is 6.04 Å². The van der Waals surface area contributed by atoms with E-state index in [1.165, 1.54) is 44.6 Å². The van der Waals surface area contributed by atoms with Crippen LogP contribution in [0.3, 0.4) is 0 Å². The van der Waals surface area contributed by atoms with E-state index in [0.717, 1.165) is 14.0 Å². The summed E-state index contributed by atoms with van der Waals surface area (Å²) in [6.45, 7) is 1.11. The highest BCUT2D eigenvalue weighted by molar-refractivity contribution is 6.11. The lowest BCUT2D eigenvalue weighted by molar-refractivity contribution is -0.126. The summed E-state index contributed by atoms with van der Waals surface area (Å²) < 4.78 is 14.6. The van der Waals surface area contributed by atoms with Gasteiger partial charge in [0.05, 0.1) is 49.2 Å². The Morgan fingerprint density at radius 3 is 2.08 bits per heavy atom. The number of esters is 2. The number of carbonyl (C=O) groups is 4. The molecule has 2 aromatic carbocycles. The van der Waals surface area contributed by atoms with Gasteiger partial charge in [-0.3, -0.25) is 19.2 Å². The number of H-pyrrole nitrogens is 2. The summed E-state index contributed by atoms with van der Waals surface area (Å²) in [5.74, 6) is -2.99. The second kappa shape index (κ2) is 11.1. The first-order valence-corrected chi connectivity index (χ1v) is 10.5. The van der Waals surface area contributed by atoms with E-state index >= 15 is 0 Å². The first-order chi connectivity index (χ1) is 17.6. The third-order valence-electron chi connectivity index (χ3n) is 5.04. The number of aromatic amines is 2. The van der Waals surface area contributed by atoms with Crippen molar-refractivity contribution >= 4 is 46.0 Å². The number of aromatic nitrogens is 2. The number of hydrogen-bond donors (Lipinski definition) is 3. The van der Waals surface area contributed by atoms with E-state index in [1.807, 2.05) is 0 Å². The number of fused-ring (bicyclic) bond motifs is 1. The van der Waals surface area contributed by atoms with Crippen LogP contribution in [0.1, 0.15) is 27.6 Å². The Kier molecular flexibility index (Phi) is 7.92. The minimum atomic E-state index is -1.66. The fourth-order valence-electron chi connectivity index (χ4n) is 3.19. The highest BCUT2D eigenvalue weighted by atomic mass is 16.5. The van der Waals surface area contributed by atoms with E-state index in [-0.39, 0.29) is 39.3 Å². The summed E-state index contributed by atoms with van der Waals surface area (Å²) in [7, 11) is 3.62. The molecule has 0 fully saturated rings. The normalized spacial score (nSPS) is 11.7. The molecule has 0 aliphatic carbocycles. The van der Waals surface area contributed by atoms with Gasteiger partial charge in [-0.05, 0) is 31.2 Å². The van der Waals surface area contributed by atoms with Gasteiger partial charge in [0.1, 0.15) is 11.4 Å². The van der Waals surface area contributed by atoms with E-state index in [2.05, 4.69) is 30.3 Å². The molecule has 0 saturated carbocycles. The predicted octanol–water partition coefficient (Wildman–Crippen LogP) is 1.48. The molecule has 0 bridgehead atoms. The summed E-state index contributed by atoms with van der Waals surface area (Å²) in [5, 5.41) is 10.1. The van der Waals surface area contributed by atoms with Gasteiger partial charge in [-0.25, -0.2) is 9.59 Å². The molecule has 37 heavy (non-hydrogen) atoms. The number of azo groups is 1. The topological polar surface area (TPSA) is 198 Å². The van der Waals surface area contributed by atoms with Gasteiger partial charge in [0.25, 0.3) is 5.91 Å². The van der Waals surface area contributed by atoms with Crippen molar-refractivity contribution in [3.8, 4) is 5.75 Å². The Labute approximate surface area is 207 Å². The SMILES string of the molecule is COC(=O)c1ccc(C(=O)OC)c(/N=N\C(C(C)=O)C(=O)Nc2cc3[nH]c(=O)c(=O)[nH]c3cc2OC)c1. The third-order valence-corrected chi connectivity index (χ3v) is 5.04. The summed E-state index contributed by atoms with van der Waals surface area (Å²) >= 11 is 0. The number of hydrogen-bond acceptors (Lipinski definition) is 11. The molecule has 3 N–H and O–H groups in total. The summed E-state index contributed by atoms with van der Waals surface area (Å²) in [6, 6.07) is 4.80. The molecular formula is C23H21N5O9. The van der Waals surface area contributed by atoms with Crippen molar-refractivity contribution in [2.24, 2.45) is 10.2 Å². The molecule has 1 aromatic heterocycles. The van der Waals surface area contributed by atoms with Crippen molar-refractivity contribution < 1.29 is 33.4 Å². The number of Topliss-reactive ketones (excluding diaryl/α,β-unsaturated/α-hetero) is 1. The van der Waals surface area contributed by atoms with E-state index in [9.17, 15) is 28.8 Å². The molecule has 1 atom stereocenters. The number of ether oxygens (including phenoxy) is 3. The zero-order valence-electron chi connectivity index (χ0n) is 20.0. The van der Waals surface area contributed by atoms with Crippen molar-refractivity contribution in [1.82, 2.24) is 9.97 Å². The molecule has 3 rings (SSSR count). The van der Waals surface area contributed by atoms with E-state index in [0.29, 0.717) is 0 Å². The monoisotopic (exact) mass is 511 g/mol. The number of methoxy groups -OCH3 is 3. The fraction of sp³-hybridized carbons (Fsp3) is 0.217. The van der Waals surface area contributed by atoms with Crippen LogP contribution in [0.5, 0.6) is 5.75 Å². The Balaban J connectivity index is 1.99. The zero-order chi connectivity index (χ0) is 27.3. The van der Waals surface area contributed by atoms with Gasteiger partial charge in [-0.1, -0.05) is 0 Å². The van der Waals surface area contributed by atoms with Crippen molar-refractivity contribution in [2.45, 2.75) is 13.0 Å². The first-order valence-electron chi connectivity index (χ1n) is 10.5. The third kappa shape index (κ3) is 5.75. The fourth-order valence-corrected chi connectivity index (χ4v) is 3.19. The summed E-state index contributed by atoms with van der Waals surface area (Å²) in [4.78, 5) is 77.2. The quantitative estimate of drug-likeness (QED) is 0.173. The second-order valence-electron chi connectivity index (χ2n) is 7.44. The first kappa shape index (κ1) is 26.5. The van der Waals surface area contributed by atoms with Gasteiger partial charge in [-0.15, -0.1) is 0 Å². The minimum absolute atomic E-state index is 0.0425. The molecule has 1 unspecified atom stereocenters. The number of carbonyl (C=O) groups excluding carboxylic acids is 4. The van der Waals surface area contributed by atoms with Crippen molar-refractivity contribution in [3.05, 3.63) is 62.2 Å². The molecule has 192 valence electrons. The molecule has 0 saturated heterocycles. The summed E-state index contributed by atoms with van der Waals surface area (Å²) in [5.41, 5.74) is -1.46. The Morgan fingerprint density at radius 1 is 0.892 bits per heavy atom. The number of benzene rings is 2. The van der Waals surface area contributed by atoms with Crippen LogP contribution < -0.4 is 21.2 Å². The van der Waals surface area contributed by atoms with Crippen LogP contribution in [-0.4, -0.2) is 61.0 Å². The van der Waals surface area contributed by atoms with Crippen molar-refractivity contribution in [1.29, 1.82) is 0 Å². The van der Waals surface area contributed by atoms with Crippen LogP contribution in [0.4, 0.5) is 11.4 Å². The van der Waals surface area contributed by atoms with Crippen molar-refractivity contribution in [2.75, 3.05) is 26.6 Å². The smallest absolute Gasteiger partial charge is 0.340 e. The Hall–Kier alpha value is -5.14. The Morgan fingerprint density at radius 2 is 1.51 bits per heavy atom. The molecular weight excluding hydrogens is 490 g/mol. The zero-order valence-corrected chi connectivity index (χ0v) is 20.0. The number of ketones is 1. The Bertz CT molecular complexity index is 1550. The molecule has 1 heterocycles. The molecule has 3 aromatic rings. The molecule has 0 aliphatic heterocycles. The maximum absolute atomic E-state index is 13.0. The minimum Gasteiger partial charge on any atom is -0.494 e. The van der Waals surface area contributed by atoms with E-state index < -0.39 is 40.8 Å². The van der Waals surface area contributed by atoms with Crippen LogP contribution in [0, 0.1) is 0 Å². The van der Waals surface area contributed by atoms with Gasteiger partial charge < -0.3 is 29.5 Å². The molecule has 0 aliphatic rings. The van der Waals surface area contributed by atoms with Crippen LogP contribution in [0.25, 0.3) is 11.0 Å². The lowest BCUT2D eigenvalue weighted by atomic mass is 10.1. The van der Waals surface area contributed by atoms with Crippen LogP contribution in [-0.2, 0) is 19.1 Å². The largest absolute Gasteiger partial charge is 0.494 e. The lowest BCUT2D eigenvalue weighted by Crippen LogP contribution is -2.32. The average Bonchev–Trinajstić information content (AvgIpc) is 2.88. The molecule has 1 amide bonds. The highest BCUT2D eigenvalue weighted by Gasteiger charge is 2.25. The van der Waals surface area contributed by atoms with Gasteiger partial charge in [0, 0.05) is 6.07 Å².